The van der Waals surface area contributed by atoms with E-state index in [2.05, 4.69) is 143 Å². The van der Waals surface area contributed by atoms with Crippen LogP contribution in [0.5, 0.6) is 0 Å². The molecule has 0 aliphatic rings. The third-order valence-corrected chi connectivity index (χ3v) is 11.1. The van der Waals surface area contributed by atoms with E-state index in [1.54, 1.807) is 0 Å². The smallest absolute Gasteiger partial charge is 0.145 e. The minimum atomic E-state index is 0. The molecule has 0 aliphatic heterocycles. The number of nitriles is 1. The van der Waals surface area contributed by atoms with Crippen LogP contribution in [0.2, 0.25) is 0 Å². The molecule has 0 aliphatic carbocycles. The molecule has 12 aromatic rings. The van der Waals surface area contributed by atoms with E-state index in [9.17, 15) is 5.26 Å². The van der Waals surface area contributed by atoms with E-state index in [4.69, 9.17) is 8.83 Å². The standard InChI is InChI=1S/C49H27N3O2.2CH4.HI/c50-28-29-24-31(27-33(25-29)52-41-17-6-2-15-39(41)47-43(52)23-21-37-35-13-4-8-19-45(35)54-49(37)47)30-10-9-11-32(26-30)51-40-16-5-1-14-38(40)46-42(51)22-20-36-34-12-3-7-18-44(34)53-48(36)46;;;/h1-27H;2*1H4;1H. The van der Waals surface area contributed by atoms with Crippen molar-refractivity contribution in [1.29, 1.82) is 5.26 Å². The molecule has 6 heteroatoms. The minimum absolute atomic E-state index is 0. The number of hydrogen-bond donors (Lipinski definition) is 0. The van der Waals surface area contributed by atoms with Crippen LogP contribution in [0.25, 0.3) is 110 Å². The van der Waals surface area contributed by atoms with Crippen LogP contribution in [-0.2, 0) is 0 Å². The molecule has 0 N–H and O–H groups in total. The number of hydrogen-bond acceptors (Lipinski definition) is 3. The summed E-state index contributed by atoms with van der Waals surface area (Å²) in [4.78, 5) is 0. The zero-order valence-corrected chi connectivity index (χ0v) is 31.5. The molecule has 4 heterocycles. The number of benzene rings is 8. The van der Waals surface area contributed by atoms with Crippen molar-refractivity contribution >= 4 is 111 Å². The van der Waals surface area contributed by atoms with E-state index in [0.717, 1.165) is 110 Å². The van der Waals surface area contributed by atoms with Gasteiger partial charge in [0.1, 0.15) is 22.3 Å². The molecule has 0 fully saturated rings. The van der Waals surface area contributed by atoms with Gasteiger partial charge in [0.25, 0.3) is 0 Å². The number of furan rings is 2. The van der Waals surface area contributed by atoms with E-state index in [1.807, 2.05) is 36.4 Å². The quantitative estimate of drug-likeness (QED) is 0.166. The Balaban J connectivity index is 0.00000141. The summed E-state index contributed by atoms with van der Waals surface area (Å²) in [6.45, 7) is 0. The van der Waals surface area contributed by atoms with Crippen LogP contribution in [0.1, 0.15) is 20.4 Å². The van der Waals surface area contributed by atoms with Crippen molar-refractivity contribution in [2.75, 3.05) is 0 Å². The summed E-state index contributed by atoms with van der Waals surface area (Å²) in [7, 11) is 0. The fourth-order valence-electron chi connectivity index (χ4n) is 8.82. The lowest BCUT2D eigenvalue weighted by atomic mass is 10.0. The molecule has 57 heavy (non-hydrogen) atoms. The van der Waals surface area contributed by atoms with Gasteiger partial charge in [-0.1, -0.05) is 99.8 Å². The molecule has 0 bridgehead atoms. The van der Waals surface area contributed by atoms with Gasteiger partial charge in [-0.3, -0.25) is 0 Å². The monoisotopic (exact) mass is 849 g/mol. The van der Waals surface area contributed by atoms with Crippen molar-refractivity contribution in [2.24, 2.45) is 0 Å². The second-order valence-electron chi connectivity index (χ2n) is 14.0. The van der Waals surface area contributed by atoms with Gasteiger partial charge in [-0.05, 0) is 90.0 Å². The Morgan fingerprint density at radius 1 is 0.404 bits per heavy atom. The van der Waals surface area contributed by atoms with Gasteiger partial charge in [0.2, 0.25) is 0 Å². The summed E-state index contributed by atoms with van der Waals surface area (Å²) in [5, 5.41) is 19.2. The molecule has 8 aromatic carbocycles. The Morgan fingerprint density at radius 3 is 1.46 bits per heavy atom. The third-order valence-electron chi connectivity index (χ3n) is 11.1. The number of aromatic nitrogens is 2. The van der Waals surface area contributed by atoms with Crippen LogP contribution in [0.15, 0.2) is 173 Å². The highest BCUT2D eigenvalue weighted by molar-refractivity contribution is 14.0. The summed E-state index contributed by atoms with van der Waals surface area (Å²) in [6.07, 6.45) is 0. The average Bonchev–Trinajstić information content (AvgIpc) is 3.98. The Morgan fingerprint density at radius 2 is 0.895 bits per heavy atom. The first-order valence-electron chi connectivity index (χ1n) is 18.1. The Labute approximate surface area is 345 Å². The van der Waals surface area contributed by atoms with Crippen LogP contribution >= 0.6 is 24.0 Å². The van der Waals surface area contributed by atoms with Gasteiger partial charge in [-0.25, -0.2) is 0 Å². The molecule has 0 radical (unpaired) electrons. The van der Waals surface area contributed by atoms with Gasteiger partial charge in [-0.15, -0.1) is 24.0 Å². The van der Waals surface area contributed by atoms with Crippen molar-refractivity contribution in [3.63, 3.8) is 0 Å². The van der Waals surface area contributed by atoms with Crippen molar-refractivity contribution < 1.29 is 8.83 Å². The van der Waals surface area contributed by atoms with Crippen molar-refractivity contribution in [1.82, 2.24) is 9.13 Å². The maximum absolute atomic E-state index is 10.4. The predicted octanol–water partition coefficient (Wildman–Crippen LogP) is 15.1. The van der Waals surface area contributed by atoms with Gasteiger partial charge in [0.05, 0.1) is 44.5 Å². The molecular weight excluding hydrogens is 813 g/mol. The molecular formula is C51H36IN3O2. The van der Waals surface area contributed by atoms with E-state index in [1.165, 1.54) is 0 Å². The topological polar surface area (TPSA) is 59.9 Å². The molecule has 0 saturated carbocycles. The third kappa shape index (κ3) is 5.05. The highest BCUT2D eigenvalue weighted by Gasteiger charge is 2.21. The molecule has 5 nitrogen and oxygen atoms in total. The Bertz CT molecular complexity index is 3590. The zero-order chi connectivity index (χ0) is 35.5. The highest BCUT2D eigenvalue weighted by atomic mass is 127. The van der Waals surface area contributed by atoms with E-state index in [0.29, 0.717) is 5.56 Å². The lowest BCUT2D eigenvalue weighted by Gasteiger charge is -2.13. The normalized spacial score (nSPS) is 11.4. The summed E-state index contributed by atoms with van der Waals surface area (Å²) < 4.78 is 17.7. The lowest BCUT2D eigenvalue weighted by molar-refractivity contribution is 0.672. The van der Waals surface area contributed by atoms with E-state index >= 15 is 0 Å². The highest BCUT2D eigenvalue weighted by Crippen LogP contribution is 2.43. The zero-order valence-electron chi connectivity index (χ0n) is 29.2. The van der Waals surface area contributed by atoms with Gasteiger partial charge in [-0.2, -0.15) is 5.26 Å². The molecule has 0 spiro atoms. The SMILES string of the molecule is C.C.I.N#Cc1cc(-c2cccc(-n3c4ccccc4c4c5oc6ccccc6c5ccc43)c2)cc(-n2c3ccccc3c3c4oc5ccccc5c4ccc32)c1. The second-order valence-corrected chi connectivity index (χ2v) is 14.0. The van der Waals surface area contributed by atoms with Crippen LogP contribution < -0.4 is 0 Å². The predicted molar refractivity (Wildman–Crippen MR) is 249 cm³/mol. The maximum atomic E-state index is 10.4. The fourth-order valence-corrected chi connectivity index (χ4v) is 8.82. The minimum Gasteiger partial charge on any atom is -0.455 e. The summed E-state index contributed by atoms with van der Waals surface area (Å²) in [6, 6.07) is 59.3. The summed E-state index contributed by atoms with van der Waals surface area (Å²) in [5.74, 6) is 0. The van der Waals surface area contributed by atoms with Gasteiger partial charge in [0.15, 0.2) is 0 Å². The molecule has 12 rings (SSSR count). The fraction of sp³-hybridized carbons (Fsp3) is 0.0392. The first kappa shape index (κ1) is 35.9. The number of rotatable bonds is 3. The van der Waals surface area contributed by atoms with Crippen molar-refractivity contribution in [3.05, 3.63) is 169 Å². The van der Waals surface area contributed by atoms with E-state index in [-0.39, 0.29) is 38.8 Å². The van der Waals surface area contributed by atoms with Crippen LogP contribution in [0.3, 0.4) is 0 Å². The van der Waals surface area contributed by atoms with Crippen LogP contribution in [-0.4, -0.2) is 9.13 Å². The lowest BCUT2D eigenvalue weighted by Crippen LogP contribution is -1.97. The maximum Gasteiger partial charge on any atom is 0.145 e. The Hall–Kier alpha value is -6.82. The number of fused-ring (bicyclic) bond motifs is 14. The summed E-state index contributed by atoms with van der Waals surface area (Å²) >= 11 is 0. The molecule has 274 valence electrons. The molecule has 0 atom stereocenters. The first-order chi connectivity index (χ1) is 26.7. The molecule has 0 saturated heterocycles. The van der Waals surface area contributed by atoms with Crippen LogP contribution in [0.4, 0.5) is 0 Å². The number of nitrogens with zero attached hydrogens (tertiary/aromatic N) is 3. The first-order valence-corrected chi connectivity index (χ1v) is 18.1. The summed E-state index contributed by atoms with van der Waals surface area (Å²) in [5.41, 5.74) is 12.3. The van der Waals surface area contributed by atoms with Gasteiger partial charge in [0, 0.05) is 43.7 Å². The van der Waals surface area contributed by atoms with Crippen molar-refractivity contribution in [2.45, 2.75) is 14.9 Å². The van der Waals surface area contributed by atoms with Crippen LogP contribution in [0, 0.1) is 11.3 Å². The van der Waals surface area contributed by atoms with E-state index < -0.39 is 0 Å². The van der Waals surface area contributed by atoms with Gasteiger partial charge < -0.3 is 18.0 Å². The second kappa shape index (κ2) is 13.4. The number of para-hydroxylation sites is 4. The van der Waals surface area contributed by atoms with Gasteiger partial charge >= 0.3 is 0 Å². The van der Waals surface area contributed by atoms with Crippen molar-refractivity contribution in [3.8, 4) is 28.6 Å². The number of halogens is 1. The largest absolute Gasteiger partial charge is 0.455 e. The molecule has 0 unspecified atom stereocenters. The average molecular weight is 850 g/mol. The molecule has 0 amide bonds. The Kier molecular flexibility index (Phi) is 8.45. The molecule has 4 aromatic heterocycles.